The first kappa shape index (κ1) is 20.9. The Morgan fingerprint density at radius 3 is 2.61 bits per heavy atom. The number of nitrogens with zero attached hydrogens (tertiary/aromatic N) is 2. The minimum atomic E-state index is -0.0779. The van der Waals surface area contributed by atoms with Crippen molar-refractivity contribution < 1.29 is 31.0 Å². The Morgan fingerprint density at radius 1 is 1.14 bits per heavy atom. The number of quaternary nitrogens is 1. The molecule has 1 saturated heterocycles. The summed E-state index contributed by atoms with van der Waals surface area (Å²) in [6, 6.07) is 20.0. The topological polar surface area (TPSA) is 29.5 Å². The molecule has 2 aliphatic heterocycles. The second kappa shape index (κ2) is 8.66. The highest BCUT2D eigenvalue weighted by Crippen LogP contribution is 2.46. The lowest BCUT2D eigenvalue weighted by molar-refractivity contribution is -0.908. The SMILES string of the molecule is CCOC(=O)C[N+]1(C)CCC2C(C1)c1ccccc1N2Cc1ccccc1.[Br-]. The van der Waals surface area contributed by atoms with Gasteiger partial charge in [-0.25, -0.2) is 4.79 Å². The Labute approximate surface area is 178 Å². The highest BCUT2D eigenvalue weighted by atomic mass is 79.9. The quantitative estimate of drug-likeness (QED) is 0.498. The number of hydrogen-bond acceptors (Lipinski definition) is 3. The summed E-state index contributed by atoms with van der Waals surface area (Å²) >= 11 is 0. The first-order chi connectivity index (χ1) is 13.1. The van der Waals surface area contributed by atoms with Crippen molar-refractivity contribution in [2.75, 3.05) is 38.2 Å². The standard InChI is InChI=1S/C23H29N2O2.BrH/c1-3-27-23(26)17-25(2)14-13-22-20(16-25)19-11-7-8-12-21(19)24(22)15-18-9-5-4-6-10-18;/h4-12,20,22H,3,13-17H2,1-2H3;1H/q+1;/p-1. The maximum Gasteiger partial charge on any atom is 0.361 e. The number of likely N-dealkylation sites (tertiary alicyclic amines) is 1. The molecule has 0 bridgehead atoms. The number of piperidine rings is 1. The van der Waals surface area contributed by atoms with Crippen LogP contribution in [-0.2, 0) is 16.1 Å². The normalized spacial score (nSPS) is 25.4. The van der Waals surface area contributed by atoms with E-state index in [0.29, 0.717) is 25.1 Å². The van der Waals surface area contributed by atoms with E-state index in [-0.39, 0.29) is 23.0 Å². The predicted octanol–water partition coefficient (Wildman–Crippen LogP) is 0.576. The van der Waals surface area contributed by atoms with Crippen molar-refractivity contribution in [3.05, 3.63) is 65.7 Å². The van der Waals surface area contributed by atoms with Gasteiger partial charge in [-0.15, -0.1) is 0 Å². The van der Waals surface area contributed by atoms with Crippen molar-refractivity contribution >= 4 is 11.7 Å². The molecule has 150 valence electrons. The van der Waals surface area contributed by atoms with E-state index >= 15 is 0 Å². The maximum atomic E-state index is 12.1. The maximum absolute atomic E-state index is 12.1. The molecule has 0 aromatic heterocycles. The number of fused-ring (bicyclic) bond motifs is 3. The first-order valence-electron chi connectivity index (χ1n) is 9.98. The number of rotatable bonds is 5. The molecule has 0 aliphatic carbocycles. The molecule has 0 radical (unpaired) electrons. The van der Waals surface area contributed by atoms with Gasteiger partial charge >= 0.3 is 5.97 Å². The van der Waals surface area contributed by atoms with Crippen molar-refractivity contribution in [2.24, 2.45) is 0 Å². The Morgan fingerprint density at radius 2 is 1.86 bits per heavy atom. The molecule has 4 rings (SSSR count). The van der Waals surface area contributed by atoms with Gasteiger partial charge in [-0.1, -0.05) is 48.5 Å². The molecular formula is C23H29BrN2O2. The molecule has 2 aromatic rings. The minimum Gasteiger partial charge on any atom is -1.00 e. The fourth-order valence-corrected chi connectivity index (χ4v) is 4.90. The van der Waals surface area contributed by atoms with Crippen LogP contribution in [0.1, 0.15) is 30.4 Å². The van der Waals surface area contributed by atoms with Crippen molar-refractivity contribution in [2.45, 2.75) is 31.8 Å². The average molecular weight is 445 g/mol. The number of anilines is 1. The second-order valence-electron chi connectivity index (χ2n) is 8.12. The van der Waals surface area contributed by atoms with Crippen LogP contribution in [0, 0.1) is 0 Å². The molecule has 0 spiro atoms. The van der Waals surface area contributed by atoms with Gasteiger partial charge < -0.3 is 31.1 Å². The summed E-state index contributed by atoms with van der Waals surface area (Å²) in [6.07, 6.45) is 1.10. The van der Waals surface area contributed by atoms with E-state index in [1.54, 1.807) is 0 Å². The number of hydrogen-bond donors (Lipinski definition) is 0. The number of benzene rings is 2. The van der Waals surface area contributed by atoms with Gasteiger partial charge in [0.05, 0.1) is 32.7 Å². The lowest BCUT2D eigenvalue weighted by Crippen LogP contribution is -3.00. The summed E-state index contributed by atoms with van der Waals surface area (Å²) in [4.78, 5) is 14.7. The summed E-state index contributed by atoms with van der Waals surface area (Å²) in [5.74, 6) is 0.393. The molecule has 0 N–H and O–H groups in total. The molecule has 3 unspecified atom stereocenters. The first-order valence-corrected chi connectivity index (χ1v) is 9.98. The van der Waals surface area contributed by atoms with Crippen LogP contribution in [0.5, 0.6) is 0 Å². The molecule has 4 nitrogen and oxygen atoms in total. The fraction of sp³-hybridized carbons (Fsp3) is 0.435. The fourth-order valence-electron chi connectivity index (χ4n) is 4.90. The van der Waals surface area contributed by atoms with Gasteiger partial charge in [0.2, 0.25) is 0 Å². The van der Waals surface area contributed by atoms with Gasteiger partial charge in [0, 0.05) is 24.7 Å². The largest absolute Gasteiger partial charge is 1.00 e. The van der Waals surface area contributed by atoms with Crippen molar-refractivity contribution in [3.63, 3.8) is 0 Å². The predicted molar refractivity (Wildman–Crippen MR) is 108 cm³/mol. The van der Waals surface area contributed by atoms with E-state index < -0.39 is 0 Å². The molecule has 5 heteroatoms. The van der Waals surface area contributed by atoms with E-state index in [4.69, 9.17) is 4.74 Å². The van der Waals surface area contributed by atoms with E-state index in [2.05, 4.69) is 66.5 Å². The van der Waals surface area contributed by atoms with Crippen LogP contribution >= 0.6 is 0 Å². The van der Waals surface area contributed by atoms with E-state index in [1.807, 2.05) is 6.92 Å². The van der Waals surface area contributed by atoms with E-state index in [9.17, 15) is 4.79 Å². The molecule has 0 amide bonds. The van der Waals surface area contributed by atoms with Gasteiger partial charge in [0.1, 0.15) is 0 Å². The van der Waals surface area contributed by atoms with Crippen LogP contribution in [0.15, 0.2) is 54.6 Å². The lowest BCUT2D eigenvalue weighted by Gasteiger charge is -2.44. The Kier molecular flexibility index (Phi) is 6.46. The molecule has 0 saturated carbocycles. The number of halogens is 1. The molecule has 2 aliphatic rings. The van der Waals surface area contributed by atoms with Gasteiger partial charge in [-0.05, 0) is 24.1 Å². The Bertz CT molecular complexity index is 813. The molecule has 1 fully saturated rings. The van der Waals surface area contributed by atoms with E-state index in [0.717, 1.165) is 30.5 Å². The number of likely N-dealkylation sites (N-methyl/N-ethyl adjacent to an activating group) is 1. The van der Waals surface area contributed by atoms with Crippen LogP contribution in [0.4, 0.5) is 5.69 Å². The Balaban J connectivity index is 0.00000225. The monoisotopic (exact) mass is 444 g/mol. The number of para-hydroxylation sites is 1. The highest BCUT2D eigenvalue weighted by Gasteiger charge is 2.47. The zero-order chi connectivity index (χ0) is 18.9. The highest BCUT2D eigenvalue weighted by molar-refractivity contribution is 5.70. The number of ether oxygens (including phenoxy) is 1. The van der Waals surface area contributed by atoms with Crippen LogP contribution in [0.25, 0.3) is 0 Å². The molecule has 2 heterocycles. The van der Waals surface area contributed by atoms with Crippen LogP contribution in [0.2, 0.25) is 0 Å². The Hall–Kier alpha value is -1.85. The summed E-state index contributed by atoms with van der Waals surface area (Å²) in [7, 11) is 2.20. The summed E-state index contributed by atoms with van der Waals surface area (Å²) in [6.45, 7) is 5.75. The van der Waals surface area contributed by atoms with Crippen LogP contribution < -0.4 is 21.9 Å². The smallest absolute Gasteiger partial charge is 0.361 e. The lowest BCUT2D eigenvalue weighted by atomic mass is 9.87. The third-order valence-electron chi connectivity index (χ3n) is 6.12. The van der Waals surface area contributed by atoms with Crippen molar-refractivity contribution in [1.82, 2.24) is 0 Å². The van der Waals surface area contributed by atoms with Crippen LogP contribution in [-0.4, -0.2) is 49.8 Å². The number of esters is 1. The van der Waals surface area contributed by atoms with Crippen LogP contribution in [0.3, 0.4) is 0 Å². The summed E-state index contributed by atoms with van der Waals surface area (Å²) in [5, 5.41) is 0. The zero-order valence-corrected chi connectivity index (χ0v) is 18.3. The third-order valence-corrected chi connectivity index (χ3v) is 6.12. The van der Waals surface area contributed by atoms with Gasteiger partial charge in [0.15, 0.2) is 6.54 Å². The molecule has 28 heavy (non-hydrogen) atoms. The molecule has 3 atom stereocenters. The summed E-state index contributed by atoms with van der Waals surface area (Å²) in [5.41, 5.74) is 4.15. The zero-order valence-electron chi connectivity index (χ0n) is 16.7. The molecule has 2 aromatic carbocycles. The average Bonchev–Trinajstić information content (AvgIpc) is 2.95. The number of carbonyl (C=O) groups excluding carboxylic acids is 1. The number of carbonyl (C=O) groups is 1. The van der Waals surface area contributed by atoms with Crippen molar-refractivity contribution in [3.8, 4) is 0 Å². The third kappa shape index (κ3) is 4.11. The summed E-state index contributed by atoms with van der Waals surface area (Å²) < 4.78 is 6.00. The van der Waals surface area contributed by atoms with E-state index in [1.165, 1.54) is 16.8 Å². The minimum absolute atomic E-state index is 0. The van der Waals surface area contributed by atoms with Gasteiger partial charge in [-0.2, -0.15) is 0 Å². The van der Waals surface area contributed by atoms with Gasteiger partial charge in [-0.3, -0.25) is 0 Å². The van der Waals surface area contributed by atoms with Gasteiger partial charge in [0.25, 0.3) is 0 Å². The second-order valence-corrected chi connectivity index (χ2v) is 8.12. The van der Waals surface area contributed by atoms with Crippen molar-refractivity contribution in [1.29, 1.82) is 0 Å². The molecular weight excluding hydrogens is 416 g/mol.